The lowest BCUT2D eigenvalue weighted by atomic mass is 10.2. The largest absolute Gasteiger partial charge is 0.337 e. The fraction of sp³-hybridized carbons (Fsp3) is 0.286. The van der Waals surface area contributed by atoms with E-state index >= 15 is 0 Å². The maximum atomic E-state index is 11.9. The summed E-state index contributed by atoms with van der Waals surface area (Å²) >= 11 is 1.46. The molecule has 0 fully saturated rings. The number of nitrogens with zero attached hydrogens (tertiary/aromatic N) is 1. The number of hydrogen-bond acceptors (Lipinski definition) is 3. The number of rotatable bonds is 5. The van der Waals surface area contributed by atoms with Gasteiger partial charge in [-0.1, -0.05) is 49.0 Å². The Morgan fingerprint density at radius 2 is 2.06 bits per heavy atom. The molecule has 18 heavy (non-hydrogen) atoms. The molecule has 0 atom stereocenters. The number of Topliss-reactive ketones (excluding diaryl/α,β-unsaturated/α-hetero) is 1. The summed E-state index contributed by atoms with van der Waals surface area (Å²) in [5.41, 5.74) is 2.92. The third kappa shape index (κ3) is 3.01. The second-order valence-corrected chi connectivity index (χ2v) is 5.01. The zero-order chi connectivity index (χ0) is 13.0. The first kappa shape index (κ1) is 12.9. The molecule has 2 aromatic rings. The number of carbonyl (C=O) groups is 1. The Kier molecular flexibility index (Phi) is 4.20. The highest BCUT2D eigenvalue weighted by Crippen LogP contribution is 2.18. The lowest BCUT2D eigenvalue weighted by Crippen LogP contribution is -2.01. The minimum absolute atomic E-state index is 0.132. The van der Waals surface area contributed by atoms with Gasteiger partial charge in [-0.2, -0.15) is 0 Å². The van der Waals surface area contributed by atoms with Crippen molar-refractivity contribution >= 4 is 17.5 Å². The average Bonchev–Trinajstić information content (AvgIpc) is 2.77. The van der Waals surface area contributed by atoms with Gasteiger partial charge in [-0.05, 0) is 13.3 Å². The van der Waals surface area contributed by atoms with Gasteiger partial charge in [-0.25, -0.2) is 4.98 Å². The van der Waals surface area contributed by atoms with Crippen LogP contribution in [0.1, 0.15) is 28.7 Å². The summed E-state index contributed by atoms with van der Waals surface area (Å²) in [6.45, 7) is 4.08. The predicted octanol–water partition coefficient (Wildman–Crippen LogP) is 3.26. The second kappa shape index (κ2) is 5.87. The van der Waals surface area contributed by atoms with Gasteiger partial charge in [0.1, 0.15) is 0 Å². The topological polar surface area (TPSA) is 45.8 Å². The lowest BCUT2D eigenvalue weighted by Gasteiger charge is -1.98. The van der Waals surface area contributed by atoms with Crippen LogP contribution in [0.15, 0.2) is 35.5 Å². The molecule has 0 unspecified atom stereocenters. The summed E-state index contributed by atoms with van der Waals surface area (Å²) < 4.78 is 0. The Hall–Kier alpha value is -1.55. The zero-order valence-electron chi connectivity index (χ0n) is 10.6. The van der Waals surface area contributed by atoms with Crippen LogP contribution in [-0.4, -0.2) is 21.5 Å². The third-order valence-corrected chi connectivity index (χ3v) is 3.61. The van der Waals surface area contributed by atoms with E-state index in [1.54, 1.807) is 0 Å². The van der Waals surface area contributed by atoms with Gasteiger partial charge in [-0.15, -0.1) is 0 Å². The lowest BCUT2D eigenvalue weighted by molar-refractivity contribution is 0.102. The number of aromatic nitrogens is 2. The van der Waals surface area contributed by atoms with Crippen molar-refractivity contribution in [2.24, 2.45) is 0 Å². The predicted molar refractivity (Wildman–Crippen MR) is 74.2 cm³/mol. The highest BCUT2D eigenvalue weighted by atomic mass is 32.2. The van der Waals surface area contributed by atoms with Gasteiger partial charge in [-0.3, -0.25) is 4.79 Å². The van der Waals surface area contributed by atoms with E-state index in [0.29, 0.717) is 5.75 Å². The molecule has 1 heterocycles. The normalized spacial score (nSPS) is 10.6. The quantitative estimate of drug-likeness (QED) is 0.663. The van der Waals surface area contributed by atoms with Crippen LogP contribution < -0.4 is 0 Å². The van der Waals surface area contributed by atoms with Crippen molar-refractivity contribution in [3.8, 4) is 0 Å². The van der Waals surface area contributed by atoms with Crippen LogP contribution in [0.4, 0.5) is 0 Å². The molecule has 0 radical (unpaired) electrons. The van der Waals surface area contributed by atoms with E-state index in [9.17, 15) is 4.79 Å². The number of imidazole rings is 1. The SMILES string of the molecule is CCc1nc(SCC(=O)c2ccccc2)[nH]c1C. The van der Waals surface area contributed by atoms with Crippen LogP contribution in [0.5, 0.6) is 0 Å². The van der Waals surface area contributed by atoms with E-state index in [1.165, 1.54) is 11.8 Å². The highest BCUT2D eigenvalue weighted by Gasteiger charge is 2.09. The molecule has 3 nitrogen and oxygen atoms in total. The van der Waals surface area contributed by atoms with Crippen LogP contribution in [0.3, 0.4) is 0 Å². The number of aromatic amines is 1. The number of carbonyl (C=O) groups excluding carboxylic acids is 1. The van der Waals surface area contributed by atoms with Crippen molar-refractivity contribution in [1.82, 2.24) is 9.97 Å². The Bertz CT molecular complexity index is 534. The van der Waals surface area contributed by atoms with Crippen molar-refractivity contribution in [3.63, 3.8) is 0 Å². The van der Waals surface area contributed by atoms with Gasteiger partial charge in [0.15, 0.2) is 10.9 Å². The number of ketones is 1. The van der Waals surface area contributed by atoms with Gasteiger partial charge in [0.25, 0.3) is 0 Å². The Balaban J connectivity index is 1.97. The molecule has 4 heteroatoms. The number of H-pyrrole nitrogens is 1. The maximum Gasteiger partial charge on any atom is 0.173 e. The minimum Gasteiger partial charge on any atom is -0.337 e. The molecule has 2 rings (SSSR count). The van der Waals surface area contributed by atoms with E-state index in [-0.39, 0.29) is 5.78 Å². The van der Waals surface area contributed by atoms with E-state index in [4.69, 9.17) is 0 Å². The van der Waals surface area contributed by atoms with Gasteiger partial charge in [0.2, 0.25) is 0 Å². The smallest absolute Gasteiger partial charge is 0.173 e. The number of aryl methyl sites for hydroxylation is 2. The summed E-state index contributed by atoms with van der Waals surface area (Å²) in [4.78, 5) is 19.6. The van der Waals surface area contributed by atoms with Crippen LogP contribution in [0.2, 0.25) is 0 Å². The molecule has 0 aliphatic rings. The summed E-state index contributed by atoms with van der Waals surface area (Å²) in [7, 11) is 0. The highest BCUT2D eigenvalue weighted by molar-refractivity contribution is 7.99. The van der Waals surface area contributed by atoms with Gasteiger partial charge in [0, 0.05) is 11.3 Å². The summed E-state index contributed by atoms with van der Waals surface area (Å²) in [5, 5.41) is 0.827. The van der Waals surface area contributed by atoms with E-state index in [0.717, 1.165) is 28.5 Å². The van der Waals surface area contributed by atoms with Crippen molar-refractivity contribution in [2.75, 3.05) is 5.75 Å². The summed E-state index contributed by atoms with van der Waals surface area (Å²) in [5.74, 6) is 0.549. The van der Waals surface area contributed by atoms with Crippen molar-refractivity contribution in [2.45, 2.75) is 25.4 Å². The molecule has 0 saturated heterocycles. The maximum absolute atomic E-state index is 11.9. The number of nitrogens with one attached hydrogen (secondary N) is 1. The van der Waals surface area contributed by atoms with Gasteiger partial charge < -0.3 is 4.98 Å². The Labute approximate surface area is 111 Å². The molecule has 1 aromatic carbocycles. The van der Waals surface area contributed by atoms with Crippen LogP contribution in [0.25, 0.3) is 0 Å². The van der Waals surface area contributed by atoms with Gasteiger partial charge >= 0.3 is 0 Å². The molecule has 1 aromatic heterocycles. The zero-order valence-corrected chi connectivity index (χ0v) is 11.4. The molecule has 94 valence electrons. The fourth-order valence-corrected chi connectivity index (χ4v) is 2.56. The number of hydrogen-bond donors (Lipinski definition) is 1. The van der Waals surface area contributed by atoms with Crippen LogP contribution in [0, 0.1) is 6.92 Å². The second-order valence-electron chi connectivity index (χ2n) is 4.05. The van der Waals surface area contributed by atoms with E-state index in [1.807, 2.05) is 37.3 Å². The van der Waals surface area contributed by atoms with Crippen molar-refractivity contribution in [3.05, 3.63) is 47.3 Å². The molecular formula is C14H16N2OS. The fourth-order valence-electron chi connectivity index (χ4n) is 1.72. The van der Waals surface area contributed by atoms with Crippen molar-refractivity contribution in [1.29, 1.82) is 0 Å². The first-order chi connectivity index (χ1) is 8.70. The number of benzene rings is 1. The molecule has 0 aliphatic carbocycles. The molecule has 0 bridgehead atoms. The molecule has 0 spiro atoms. The molecule has 0 amide bonds. The van der Waals surface area contributed by atoms with Crippen LogP contribution in [-0.2, 0) is 6.42 Å². The standard InChI is InChI=1S/C14H16N2OS/c1-3-12-10(2)15-14(16-12)18-9-13(17)11-7-5-4-6-8-11/h4-8H,3,9H2,1-2H3,(H,15,16). The molecular weight excluding hydrogens is 244 g/mol. The summed E-state index contributed by atoms with van der Waals surface area (Å²) in [6, 6.07) is 9.35. The minimum atomic E-state index is 0.132. The van der Waals surface area contributed by atoms with Crippen LogP contribution >= 0.6 is 11.8 Å². The average molecular weight is 260 g/mol. The molecule has 0 saturated carbocycles. The van der Waals surface area contributed by atoms with E-state index in [2.05, 4.69) is 16.9 Å². The van der Waals surface area contributed by atoms with E-state index < -0.39 is 0 Å². The van der Waals surface area contributed by atoms with Gasteiger partial charge in [0.05, 0.1) is 11.4 Å². The monoisotopic (exact) mass is 260 g/mol. The molecule has 1 N–H and O–H groups in total. The Morgan fingerprint density at radius 1 is 1.33 bits per heavy atom. The third-order valence-electron chi connectivity index (χ3n) is 2.73. The Morgan fingerprint density at radius 3 is 2.67 bits per heavy atom. The first-order valence-electron chi connectivity index (χ1n) is 5.97. The first-order valence-corrected chi connectivity index (χ1v) is 6.95. The summed E-state index contributed by atoms with van der Waals surface area (Å²) in [6.07, 6.45) is 0.912. The van der Waals surface area contributed by atoms with Crippen molar-refractivity contribution < 1.29 is 4.79 Å². The molecule has 0 aliphatic heterocycles. The number of thioether (sulfide) groups is 1.